The number of aromatic nitrogens is 3. The maximum atomic E-state index is 4.11. The maximum Gasteiger partial charge on any atom is 0.137 e. The van der Waals surface area contributed by atoms with E-state index in [1.54, 1.807) is 12.7 Å². The fourth-order valence-electron chi connectivity index (χ4n) is 1.94. The monoisotopic (exact) mass is 258 g/mol. The second-order valence-corrected chi connectivity index (χ2v) is 5.26. The third-order valence-electron chi connectivity index (χ3n) is 2.98. The third-order valence-corrected chi connectivity index (χ3v) is 2.98. The summed E-state index contributed by atoms with van der Waals surface area (Å²) in [5.41, 5.74) is 2.63. The van der Waals surface area contributed by atoms with E-state index in [4.69, 9.17) is 0 Å². The van der Waals surface area contributed by atoms with Crippen molar-refractivity contribution < 1.29 is 0 Å². The molecule has 4 nitrogen and oxygen atoms in total. The lowest BCUT2D eigenvalue weighted by molar-refractivity contribution is 0.554. The van der Waals surface area contributed by atoms with Crippen LogP contribution in [0.2, 0.25) is 0 Å². The first-order valence-electron chi connectivity index (χ1n) is 6.85. The van der Waals surface area contributed by atoms with Crippen molar-refractivity contribution in [3.63, 3.8) is 0 Å². The minimum atomic E-state index is 0.713. The molecule has 0 radical (unpaired) electrons. The fraction of sp³-hybridized carbons (Fsp3) is 0.467. The minimum absolute atomic E-state index is 0.713. The highest BCUT2D eigenvalue weighted by atomic mass is 15.3. The van der Waals surface area contributed by atoms with Gasteiger partial charge in [0.2, 0.25) is 0 Å². The van der Waals surface area contributed by atoms with Crippen molar-refractivity contribution in [2.75, 3.05) is 13.1 Å². The first-order chi connectivity index (χ1) is 9.24. The molecule has 4 heteroatoms. The molecular formula is C15H22N4. The van der Waals surface area contributed by atoms with E-state index in [0.29, 0.717) is 5.92 Å². The van der Waals surface area contributed by atoms with Crippen LogP contribution in [0.25, 0.3) is 0 Å². The Labute approximate surface area is 114 Å². The Morgan fingerprint density at radius 3 is 2.53 bits per heavy atom. The van der Waals surface area contributed by atoms with Crippen molar-refractivity contribution in [2.24, 2.45) is 5.92 Å². The molecule has 1 N–H and O–H groups in total. The first kappa shape index (κ1) is 13.7. The molecule has 1 aromatic heterocycles. The van der Waals surface area contributed by atoms with Gasteiger partial charge in [0.05, 0.1) is 6.54 Å². The molecule has 0 bridgehead atoms. The van der Waals surface area contributed by atoms with Gasteiger partial charge in [-0.15, -0.1) is 0 Å². The van der Waals surface area contributed by atoms with Crippen LogP contribution in [0.5, 0.6) is 0 Å². The Hall–Kier alpha value is -1.68. The number of nitrogens with one attached hydrogen (secondary N) is 1. The second kappa shape index (κ2) is 7.04. The van der Waals surface area contributed by atoms with Crippen molar-refractivity contribution in [1.29, 1.82) is 0 Å². The van der Waals surface area contributed by atoms with Gasteiger partial charge in [0.15, 0.2) is 0 Å². The van der Waals surface area contributed by atoms with Crippen LogP contribution >= 0.6 is 0 Å². The lowest BCUT2D eigenvalue weighted by Crippen LogP contribution is -2.22. The van der Waals surface area contributed by atoms with Crippen molar-refractivity contribution in [2.45, 2.75) is 26.8 Å². The van der Waals surface area contributed by atoms with Gasteiger partial charge in [-0.05, 0) is 36.6 Å². The predicted octanol–water partition coefficient (Wildman–Crippen LogP) is 2.11. The van der Waals surface area contributed by atoms with Crippen LogP contribution in [0.1, 0.15) is 25.0 Å². The molecule has 1 aromatic carbocycles. The van der Waals surface area contributed by atoms with Crippen molar-refractivity contribution in [3.05, 3.63) is 48.0 Å². The SMILES string of the molecule is CC(C)CNCCc1ccc(Cn2cncn2)cc1. The van der Waals surface area contributed by atoms with Gasteiger partial charge in [-0.3, -0.25) is 0 Å². The van der Waals surface area contributed by atoms with Gasteiger partial charge < -0.3 is 5.32 Å². The van der Waals surface area contributed by atoms with Gasteiger partial charge >= 0.3 is 0 Å². The fourth-order valence-corrected chi connectivity index (χ4v) is 1.94. The largest absolute Gasteiger partial charge is 0.316 e. The number of hydrogen-bond acceptors (Lipinski definition) is 3. The van der Waals surface area contributed by atoms with Crippen LogP contribution in [0.4, 0.5) is 0 Å². The van der Waals surface area contributed by atoms with E-state index >= 15 is 0 Å². The molecule has 0 amide bonds. The zero-order chi connectivity index (χ0) is 13.5. The molecule has 0 aliphatic rings. The van der Waals surface area contributed by atoms with Crippen LogP contribution < -0.4 is 5.32 Å². The first-order valence-corrected chi connectivity index (χ1v) is 6.85. The van der Waals surface area contributed by atoms with Crippen molar-refractivity contribution >= 4 is 0 Å². The molecule has 0 fully saturated rings. The second-order valence-electron chi connectivity index (χ2n) is 5.26. The number of benzene rings is 1. The highest BCUT2D eigenvalue weighted by Gasteiger charge is 1.98. The van der Waals surface area contributed by atoms with Crippen LogP contribution in [0.3, 0.4) is 0 Å². The zero-order valence-corrected chi connectivity index (χ0v) is 11.7. The molecule has 19 heavy (non-hydrogen) atoms. The smallest absolute Gasteiger partial charge is 0.137 e. The summed E-state index contributed by atoms with van der Waals surface area (Å²) in [6, 6.07) is 8.73. The van der Waals surface area contributed by atoms with E-state index in [1.807, 2.05) is 4.68 Å². The number of hydrogen-bond donors (Lipinski definition) is 1. The molecule has 0 spiro atoms. The molecule has 0 saturated heterocycles. The summed E-state index contributed by atoms with van der Waals surface area (Å²) < 4.78 is 1.83. The summed E-state index contributed by atoms with van der Waals surface area (Å²) in [5.74, 6) is 0.713. The van der Waals surface area contributed by atoms with Gasteiger partial charge in [-0.1, -0.05) is 38.1 Å². The zero-order valence-electron chi connectivity index (χ0n) is 11.7. The normalized spacial score (nSPS) is 11.1. The number of rotatable bonds is 7. The molecule has 102 valence electrons. The summed E-state index contributed by atoms with van der Waals surface area (Å²) in [6.45, 7) is 7.37. The van der Waals surface area contributed by atoms with E-state index in [2.05, 4.69) is 53.5 Å². The Morgan fingerprint density at radius 2 is 1.89 bits per heavy atom. The molecule has 0 aliphatic heterocycles. The van der Waals surface area contributed by atoms with Gasteiger partial charge in [-0.2, -0.15) is 5.10 Å². The summed E-state index contributed by atoms with van der Waals surface area (Å²) in [4.78, 5) is 3.94. The predicted molar refractivity (Wildman–Crippen MR) is 77.0 cm³/mol. The Kier molecular flexibility index (Phi) is 5.10. The average Bonchev–Trinajstić information content (AvgIpc) is 2.89. The molecule has 0 atom stereocenters. The summed E-state index contributed by atoms with van der Waals surface area (Å²) in [7, 11) is 0. The topological polar surface area (TPSA) is 42.7 Å². The van der Waals surface area contributed by atoms with E-state index in [9.17, 15) is 0 Å². The van der Waals surface area contributed by atoms with Gasteiger partial charge in [-0.25, -0.2) is 9.67 Å². The summed E-state index contributed by atoms with van der Waals surface area (Å²) >= 11 is 0. The van der Waals surface area contributed by atoms with E-state index < -0.39 is 0 Å². The van der Waals surface area contributed by atoms with Crippen LogP contribution in [0, 0.1) is 5.92 Å². The molecule has 0 aliphatic carbocycles. The van der Waals surface area contributed by atoms with E-state index in [-0.39, 0.29) is 0 Å². The van der Waals surface area contributed by atoms with Gasteiger partial charge in [0.25, 0.3) is 0 Å². The molecule has 2 rings (SSSR count). The van der Waals surface area contributed by atoms with Gasteiger partial charge in [0, 0.05) is 0 Å². The Bertz CT molecular complexity index is 459. The highest BCUT2D eigenvalue weighted by molar-refractivity contribution is 5.22. The minimum Gasteiger partial charge on any atom is -0.316 e. The summed E-state index contributed by atoms with van der Waals surface area (Å²) in [5, 5.41) is 7.57. The summed E-state index contributed by atoms with van der Waals surface area (Å²) in [6.07, 6.45) is 4.38. The van der Waals surface area contributed by atoms with Crippen molar-refractivity contribution in [3.8, 4) is 0 Å². The molecule has 1 heterocycles. The van der Waals surface area contributed by atoms with Crippen LogP contribution in [0.15, 0.2) is 36.9 Å². The third kappa shape index (κ3) is 4.83. The molecular weight excluding hydrogens is 236 g/mol. The highest BCUT2D eigenvalue weighted by Crippen LogP contribution is 2.06. The van der Waals surface area contributed by atoms with Crippen molar-refractivity contribution in [1.82, 2.24) is 20.1 Å². The Morgan fingerprint density at radius 1 is 1.16 bits per heavy atom. The molecule has 2 aromatic rings. The maximum absolute atomic E-state index is 4.11. The molecule has 0 saturated carbocycles. The van der Waals surface area contributed by atoms with E-state index in [0.717, 1.165) is 26.1 Å². The quantitative estimate of drug-likeness (QED) is 0.774. The lowest BCUT2D eigenvalue weighted by Gasteiger charge is -2.08. The van der Waals surface area contributed by atoms with Crippen LogP contribution in [-0.4, -0.2) is 27.9 Å². The average molecular weight is 258 g/mol. The number of nitrogens with zero attached hydrogens (tertiary/aromatic N) is 3. The molecule has 0 unspecified atom stereocenters. The lowest BCUT2D eigenvalue weighted by atomic mass is 10.1. The van der Waals surface area contributed by atoms with Crippen LogP contribution in [-0.2, 0) is 13.0 Å². The van der Waals surface area contributed by atoms with Gasteiger partial charge in [0.1, 0.15) is 12.7 Å². The van der Waals surface area contributed by atoms with E-state index in [1.165, 1.54) is 11.1 Å². The standard InChI is InChI=1S/C15H22N4/c1-13(2)9-16-8-7-14-3-5-15(6-4-14)10-19-12-17-11-18-19/h3-6,11-13,16H,7-10H2,1-2H3. The Balaban J connectivity index is 1.78.